The summed E-state index contributed by atoms with van der Waals surface area (Å²) in [4.78, 5) is 21.4. The molecular formula is C17H28N8O. The molecule has 2 aromatic rings. The molecule has 26 heavy (non-hydrogen) atoms. The van der Waals surface area contributed by atoms with Gasteiger partial charge >= 0.3 is 0 Å². The van der Waals surface area contributed by atoms with Gasteiger partial charge in [0, 0.05) is 37.9 Å². The topological polar surface area (TPSA) is 85.0 Å². The Morgan fingerprint density at radius 2 is 2.23 bits per heavy atom. The summed E-state index contributed by atoms with van der Waals surface area (Å²) in [5.41, 5.74) is 0. The second-order valence-corrected chi connectivity index (χ2v) is 7.20. The number of carbonyl (C=O) groups is 1. The highest BCUT2D eigenvalue weighted by molar-refractivity contribution is 5.76. The van der Waals surface area contributed by atoms with Gasteiger partial charge < -0.3 is 14.4 Å². The van der Waals surface area contributed by atoms with Gasteiger partial charge in [-0.15, -0.1) is 5.10 Å². The van der Waals surface area contributed by atoms with Gasteiger partial charge in [-0.25, -0.2) is 9.67 Å². The SMILES string of the molecule is Cc1nnnn1CC(=O)N1CCCC(c2nccn2CCCN(C)C)C1. The van der Waals surface area contributed by atoms with Crippen molar-refractivity contribution in [3.8, 4) is 0 Å². The number of hydrogen-bond acceptors (Lipinski definition) is 6. The number of tetrazole rings is 1. The molecule has 1 fully saturated rings. The van der Waals surface area contributed by atoms with E-state index >= 15 is 0 Å². The highest BCUT2D eigenvalue weighted by Gasteiger charge is 2.27. The van der Waals surface area contributed by atoms with E-state index in [-0.39, 0.29) is 18.4 Å². The van der Waals surface area contributed by atoms with Crippen LogP contribution in [0.5, 0.6) is 0 Å². The van der Waals surface area contributed by atoms with Crippen LogP contribution < -0.4 is 0 Å². The third-order valence-electron chi connectivity index (χ3n) is 4.89. The molecule has 3 heterocycles. The van der Waals surface area contributed by atoms with Gasteiger partial charge in [-0.1, -0.05) is 0 Å². The minimum Gasteiger partial charge on any atom is -0.340 e. The molecule has 1 unspecified atom stereocenters. The summed E-state index contributed by atoms with van der Waals surface area (Å²) in [6.45, 7) is 5.52. The maximum Gasteiger partial charge on any atom is 0.244 e. The van der Waals surface area contributed by atoms with Gasteiger partial charge in [0.1, 0.15) is 18.2 Å². The highest BCUT2D eigenvalue weighted by atomic mass is 16.2. The summed E-state index contributed by atoms with van der Waals surface area (Å²) < 4.78 is 3.79. The van der Waals surface area contributed by atoms with Gasteiger partial charge in [-0.2, -0.15) is 0 Å². The number of aromatic nitrogens is 6. The van der Waals surface area contributed by atoms with Crippen LogP contribution in [-0.2, 0) is 17.9 Å². The lowest BCUT2D eigenvalue weighted by molar-refractivity contribution is -0.133. The van der Waals surface area contributed by atoms with Gasteiger partial charge in [-0.05, 0) is 57.3 Å². The first-order valence-electron chi connectivity index (χ1n) is 9.21. The summed E-state index contributed by atoms with van der Waals surface area (Å²) in [6, 6.07) is 0. The Balaban J connectivity index is 1.61. The van der Waals surface area contributed by atoms with E-state index < -0.39 is 0 Å². The van der Waals surface area contributed by atoms with E-state index in [1.165, 1.54) is 0 Å². The summed E-state index contributed by atoms with van der Waals surface area (Å²) in [5, 5.41) is 11.3. The fourth-order valence-electron chi connectivity index (χ4n) is 3.46. The molecule has 0 aliphatic carbocycles. The van der Waals surface area contributed by atoms with Crippen LogP contribution in [0.15, 0.2) is 12.4 Å². The molecule has 9 nitrogen and oxygen atoms in total. The Hall–Kier alpha value is -2.29. The second-order valence-electron chi connectivity index (χ2n) is 7.20. The summed E-state index contributed by atoms with van der Waals surface area (Å²) in [6.07, 6.45) is 7.07. The van der Waals surface area contributed by atoms with Gasteiger partial charge in [0.15, 0.2) is 0 Å². The molecule has 0 aromatic carbocycles. The van der Waals surface area contributed by atoms with Crippen molar-refractivity contribution >= 4 is 5.91 Å². The Kier molecular flexibility index (Phi) is 5.97. The standard InChI is InChI=1S/C17H28N8O/c1-14-19-20-21-25(14)13-16(26)24-9-4-6-15(12-24)17-18-7-11-23(17)10-5-8-22(2)3/h7,11,15H,4-6,8-10,12-13H2,1-3H3. The number of likely N-dealkylation sites (tertiary alicyclic amines) is 1. The predicted octanol–water partition coefficient (Wildman–Crippen LogP) is 0.536. The maximum absolute atomic E-state index is 12.6. The number of amides is 1. The predicted molar refractivity (Wildman–Crippen MR) is 96.5 cm³/mol. The van der Waals surface area contributed by atoms with Crippen LogP contribution in [0.4, 0.5) is 0 Å². The Morgan fingerprint density at radius 1 is 1.38 bits per heavy atom. The molecule has 1 aliphatic heterocycles. The zero-order chi connectivity index (χ0) is 18.5. The number of rotatable bonds is 7. The average Bonchev–Trinajstić information content (AvgIpc) is 3.24. The van der Waals surface area contributed by atoms with E-state index in [9.17, 15) is 4.79 Å². The van der Waals surface area contributed by atoms with E-state index in [2.05, 4.69) is 50.3 Å². The minimum atomic E-state index is 0.0656. The largest absolute Gasteiger partial charge is 0.340 e. The van der Waals surface area contributed by atoms with Crippen molar-refractivity contribution in [2.24, 2.45) is 0 Å². The lowest BCUT2D eigenvalue weighted by atomic mass is 9.97. The normalized spacial score (nSPS) is 17.8. The minimum absolute atomic E-state index is 0.0656. The number of nitrogens with zero attached hydrogens (tertiary/aromatic N) is 8. The first-order chi connectivity index (χ1) is 12.5. The van der Waals surface area contributed by atoms with Crippen molar-refractivity contribution in [3.63, 3.8) is 0 Å². The number of imidazole rings is 1. The lowest BCUT2D eigenvalue weighted by Crippen LogP contribution is -2.41. The lowest BCUT2D eigenvalue weighted by Gasteiger charge is -2.32. The van der Waals surface area contributed by atoms with Crippen LogP contribution in [-0.4, -0.2) is 79.2 Å². The molecule has 0 radical (unpaired) electrons. The molecule has 0 N–H and O–H groups in total. The van der Waals surface area contributed by atoms with Gasteiger partial charge in [0.25, 0.3) is 0 Å². The van der Waals surface area contributed by atoms with Crippen molar-refractivity contribution in [3.05, 3.63) is 24.0 Å². The smallest absolute Gasteiger partial charge is 0.244 e. The fraction of sp³-hybridized carbons (Fsp3) is 0.706. The molecule has 1 atom stereocenters. The van der Waals surface area contributed by atoms with Crippen molar-refractivity contribution < 1.29 is 4.79 Å². The molecule has 3 rings (SSSR count). The van der Waals surface area contributed by atoms with Crippen molar-refractivity contribution in [1.29, 1.82) is 0 Å². The summed E-state index contributed by atoms with van der Waals surface area (Å²) in [7, 11) is 4.18. The quantitative estimate of drug-likeness (QED) is 0.716. The molecule has 1 amide bonds. The molecule has 1 aliphatic rings. The zero-order valence-electron chi connectivity index (χ0n) is 15.9. The second kappa shape index (κ2) is 8.39. The monoisotopic (exact) mass is 360 g/mol. The molecule has 0 saturated carbocycles. The molecule has 142 valence electrons. The molecule has 1 saturated heterocycles. The van der Waals surface area contributed by atoms with Crippen LogP contribution in [0.2, 0.25) is 0 Å². The maximum atomic E-state index is 12.6. The highest BCUT2D eigenvalue weighted by Crippen LogP contribution is 2.26. The molecule has 0 bridgehead atoms. The summed E-state index contributed by atoms with van der Waals surface area (Å²) in [5.74, 6) is 2.11. The van der Waals surface area contributed by atoms with Crippen molar-refractivity contribution in [2.45, 2.75) is 45.2 Å². The van der Waals surface area contributed by atoms with Gasteiger partial charge in [0.2, 0.25) is 5.91 Å². The van der Waals surface area contributed by atoms with Crippen molar-refractivity contribution in [2.75, 3.05) is 33.7 Å². The van der Waals surface area contributed by atoms with Gasteiger partial charge in [0.05, 0.1) is 0 Å². The van der Waals surface area contributed by atoms with E-state index in [0.29, 0.717) is 12.4 Å². The average molecular weight is 360 g/mol. The summed E-state index contributed by atoms with van der Waals surface area (Å²) >= 11 is 0. The molecule has 9 heteroatoms. The molecule has 0 spiro atoms. The van der Waals surface area contributed by atoms with Crippen molar-refractivity contribution in [1.82, 2.24) is 39.6 Å². The fourth-order valence-corrected chi connectivity index (χ4v) is 3.46. The molecule has 2 aromatic heterocycles. The van der Waals surface area contributed by atoms with Crippen LogP contribution in [0.3, 0.4) is 0 Å². The number of piperidine rings is 1. The first-order valence-corrected chi connectivity index (χ1v) is 9.21. The zero-order valence-corrected chi connectivity index (χ0v) is 15.9. The molecular weight excluding hydrogens is 332 g/mol. The van der Waals surface area contributed by atoms with Crippen LogP contribution in [0.1, 0.15) is 36.8 Å². The Bertz CT molecular complexity index is 722. The number of carbonyl (C=O) groups excluding carboxylic acids is 1. The number of aryl methyl sites for hydroxylation is 2. The first kappa shape index (κ1) is 18.5. The Labute approximate surface area is 154 Å². The van der Waals surface area contributed by atoms with Crippen LogP contribution >= 0.6 is 0 Å². The number of hydrogen-bond donors (Lipinski definition) is 0. The third-order valence-corrected chi connectivity index (χ3v) is 4.89. The van der Waals surface area contributed by atoms with E-state index in [4.69, 9.17) is 0 Å². The van der Waals surface area contributed by atoms with Gasteiger partial charge in [-0.3, -0.25) is 4.79 Å². The Morgan fingerprint density at radius 3 is 2.96 bits per heavy atom. The van der Waals surface area contributed by atoms with E-state index in [1.54, 1.807) is 11.6 Å². The van der Waals surface area contributed by atoms with Crippen LogP contribution in [0.25, 0.3) is 0 Å². The third kappa shape index (κ3) is 4.46. The van der Waals surface area contributed by atoms with Crippen LogP contribution in [0, 0.1) is 6.92 Å². The van der Waals surface area contributed by atoms with E-state index in [0.717, 1.165) is 44.7 Å². The van der Waals surface area contributed by atoms with E-state index in [1.807, 2.05) is 11.1 Å².